The van der Waals surface area contributed by atoms with Crippen LogP contribution in [0, 0.1) is 12.8 Å². The van der Waals surface area contributed by atoms with E-state index in [9.17, 15) is 18.0 Å². The summed E-state index contributed by atoms with van der Waals surface area (Å²) in [5.41, 5.74) is -1.01. The zero-order chi connectivity index (χ0) is 14.2. The van der Waals surface area contributed by atoms with Gasteiger partial charge < -0.3 is 10.0 Å². The molecule has 19 heavy (non-hydrogen) atoms. The number of carboxylic acids is 1. The van der Waals surface area contributed by atoms with Gasteiger partial charge in [0.15, 0.2) is 0 Å². The predicted molar refractivity (Wildman–Crippen MR) is 59.7 cm³/mol. The number of aryl methyl sites for hydroxylation is 1. The number of anilines is 1. The number of aromatic nitrogens is 2. The smallest absolute Gasteiger partial charge is 0.433 e. The Morgan fingerprint density at radius 3 is 2.68 bits per heavy atom. The molecule has 5 nitrogen and oxygen atoms in total. The highest BCUT2D eigenvalue weighted by atomic mass is 19.4. The molecule has 0 aliphatic carbocycles. The van der Waals surface area contributed by atoms with Crippen molar-refractivity contribution in [1.29, 1.82) is 0 Å². The van der Waals surface area contributed by atoms with Gasteiger partial charge in [-0.15, -0.1) is 0 Å². The molecule has 1 N–H and O–H groups in total. The number of aliphatic carboxylic acids is 1. The van der Waals surface area contributed by atoms with Crippen molar-refractivity contribution in [3.63, 3.8) is 0 Å². The van der Waals surface area contributed by atoms with Crippen molar-refractivity contribution in [2.75, 3.05) is 18.0 Å². The van der Waals surface area contributed by atoms with Crippen LogP contribution in [0.2, 0.25) is 0 Å². The van der Waals surface area contributed by atoms with Crippen molar-refractivity contribution in [3.8, 4) is 0 Å². The van der Waals surface area contributed by atoms with E-state index in [0.29, 0.717) is 13.0 Å². The quantitative estimate of drug-likeness (QED) is 0.890. The molecule has 2 rings (SSSR count). The Kier molecular flexibility index (Phi) is 3.34. The second kappa shape index (κ2) is 4.67. The molecule has 2 heterocycles. The molecule has 1 aliphatic heterocycles. The van der Waals surface area contributed by atoms with Gasteiger partial charge in [-0.1, -0.05) is 0 Å². The lowest BCUT2D eigenvalue weighted by Crippen LogP contribution is -2.24. The first-order valence-corrected chi connectivity index (χ1v) is 5.68. The van der Waals surface area contributed by atoms with E-state index < -0.39 is 23.8 Å². The molecule has 0 aromatic carbocycles. The Morgan fingerprint density at radius 2 is 2.16 bits per heavy atom. The van der Waals surface area contributed by atoms with Gasteiger partial charge in [0.05, 0.1) is 5.92 Å². The molecule has 0 saturated carbocycles. The SMILES string of the molecule is Cc1nc(N2CCC(C(=O)O)C2)cc(C(F)(F)F)n1. The van der Waals surface area contributed by atoms with E-state index in [2.05, 4.69) is 9.97 Å². The average Bonchev–Trinajstić information content (AvgIpc) is 2.76. The van der Waals surface area contributed by atoms with Gasteiger partial charge in [-0.2, -0.15) is 13.2 Å². The first-order valence-electron chi connectivity index (χ1n) is 5.68. The maximum Gasteiger partial charge on any atom is 0.433 e. The van der Waals surface area contributed by atoms with Crippen LogP contribution in [0.3, 0.4) is 0 Å². The molecule has 8 heteroatoms. The summed E-state index contributed by atoms with van der Waals surface area (Å²) in [6, 6.07) is 0.858. The Bertz CT molecular complexity index is 504. The van der Waals surface area contributed by atoms with E-state index in [1.165, 1.54) is 6.92 Å². The summed E-state index contributed by atoms with van der Waals surface area (Å²) in [6.07, 6.45) is -4.13. The molecular weight excluding hydrogens is 263 g/mol. The lowest BCUT2D eigenvalue weighted by Gasteiger charge is -2.18. The van der Waals surface area contributed by atoms with Gasteiger partial charge in [0.1, 0.15) is 17.3 Å². The number of rotatable bonds is 2. The van der Waals surface area contributed by atoms with Gasteiger partial charge >= 0.3 is 12.1 Å². The van der Waals surface area contributed by atoms with E-state index in [1.54, 1.807) is 4.90 Å². The Hall–Kier alpha value is -1.86. The summed E-state index contributed by atoms with van der Waals surface area (Å²) >= 11 is 0. The van der Waals surface area contributed by atoms with Crippen LogP contribution in [-0.2, 0) is 11.0 Å². The van der Waals surface area contributed by atoms with Gasteiger partial charge in [0.2, 0.25) is 0 Å². The molecule has 1 aromatic rings. The number of hydrogen-bond acceptors (Lipinski definition) is 4. The molecule has 0 spiro atoms. The third-order valence-corrected chi connectivity index (χ3v) is 2.98. The second-order valence-corrected chi connectivity index (χ2v) is 4.43. The van der Waals surface area contributed by atoms with Crippen LogP contribution in [0.4, 0.5) is 19.0 Å². The number of nitrogens with zero attached hydrogens (tertiary/aromatic N) is 3. The minimum absolute atomic E-state index is 0.0172. The standard InChI is InChI=1S/C11H12F3N3O2/c1-6-15-8(11(12,13)14)4-9(16-6)17-3-2-7(5-17)10(18)19/h4,7H,2-3,5H2,1H3,(H,18,19). The number of carboxylic acid groups (broad SMARTS) is 1. The van der Waals surface area contributed by atoms with Crippen LogP contribution in [0.1, 0.15) is 17.9 Å². The monoisotopic (exact) mass is 275 g/mol. The first-order chi connectivity index (χ1) is 8.77. The fourth-order valence-electron chi connectivity index (χ4n) is 2.03. The highest BCUT2D eigenvalue weighted by molar-refractivity contribution is 5.71. The van der Waals surface area contributed by atoms with E-state index in [1.807, 2.05) is 0 Å². The lowest BCUT2D eigenvalue weighted by atomic mass is 10.1. The molecule has 1 saturated heterocycles. The molecule has 104 valence electrons. The average molecular weight is 275 g/mol. The summed E-state index contributed by atoms with van der Waals surface area (Å²) in [6.45, 7) is 1.93. The van der Waals surface area contributed by atoms with Gasteiger partial charge in [-0.3, -0.25) is 4.79 Å². The fourth-order valence-corrected chi connectivity index (χ4v) is 2.03. The third-order valence-electron chi connectivity index (χ3n) is 2.98. The van der Waals surface area contributed by atoms with Crippen LogP contribution in [-0.4, -0.2) is 34.1 Å². The first kappa shape index (κ1) is 13.6. The zero-order valence-corrected chi connectivity index (χ0v) is 10.1. The zero-order valence-electron chi connectivity index (χ0n) is 10.1. The number of hydrogen-bond donors (Lipinski definition) is 1. The van der Waals surface area contributed by atoms with Crippen LogP contribution in [0.15, 0.2) is 6.07 Å². The van der Waals surface area contributed by atoms with Crippen LogP contribution in [0.25, 0.3) is 0 Å². The molecule has 0 bridgehead atoms. The largest absolute Gasteiger partial charge is 0.481 e. The topological polar surface area (TPSA) is 66.3 Å². The maximum atomic E-state index is 12.6. The molecule has 1 fully saturated rings. The van der Waals surface area contributed by atoms with E-state index in [4.69, 9.17) is 5.11 Å². The maximum absolute atomic E-state index is 12.6. The summed E-state index contributed by atoms with van der Waals surface area (Å²) in [5, 5.41) is 8.88. The number of carbonyl (C=O) groups is 1. The van der Waals surface area contributed by atoms with Gasteiger partial charge in [-0.05, 0) is 13.3 Å². The predicted octanol–water partition coefficient (Wildman–Crippen LogP) is 1.71. The van der Waals surface area contributed by atoms with E-state index in [0.717, 1.165) is 6.07 Å². The van der Waals surface area contributed by atoms with Crippen molar-refractivity contribution >= 4 is 11.8 Å². The molecule has 1 aliphatic rings. The van der Waals surface area contributed by atoms with Crippen LogP contribution in [0.5, 0.6) is 0 Å². The Labute approximate surface area is 107 Å². The summed E-state index contributed by atoms with van der Waals surface area (Å²) in [7, 11) is 0. The molecule has 1 unspecified atom stereocenters. The normalized spacial score (nSPS) is 19.8. The van der Waals surface area contributed by atoms with E-state index in [-0.39, 0.29) is 18.2 Å². The van der Waals surface area contributed by atoms with Crippen molar-refractivity contribution in [1.82, 2.24) is 9.97 Å². The molecule has 1 atom stereocenters. The number of halogens is 3. The highest BCUT2D eigenvalue weighted by Gasteiger charge is 2.35. The summed E-state index contributed by atoms with van der Waals surface area (Å²) in [4.78, 5) is 19.7. The van der Waals surface area contributed by atoms with Crippen molar-refractivity contribution < 1.29 is 23.1 Å². The molecule has 0 radical (unpaired) electrons. The van der Waals surface area contributed by atoms with Crippen molar-refractivity contribution in [3.05, 3.63) is 17.6 Å². The van der Waals surface area contributed by atoms with Crippen molar-refractivity contribution in [2.24, 2.45) is 5.92 Å². The van der Waals surface area contributed by atoms with Crippen LogP contribution < -0.4 is 4.90 Å². The van der Waals surface area contributed by atoms with Gasteiger partial charge in [-0.25, -0.2) is 9.97 Å². The molecule has 0 amide bonds. The molecule has 1 aromatic heterocycles. The van der Waals surface area contributed by atoms with Crippen LogP contribution >= 0.6 is 0 Å². The fraction of sp³-hybridized carbons (Fsp3) is 0.545. The van der Waals surface area contributed by atoms with Crippen molar-refractivity contribution in [2.45, 2.75) is 19.5 Å². The summed E-state index contributed by atoms with van der Waals surface area (Å²) < 4.78 is 37.9. The summed E-state index contributed by atoms with van der Waals surface area (Å²) in [5.74, 6) is -1.36. The van der Waals surface area contributed by atoms with E-state index >= 15 is 0 Å². The Balaban J connectivity index is 2.26. The third kappa shape index (κ3) is 2.94. The minimum Gasteiger partial charge on any atom is -0.481 e. The lowest BCUT2D eigenvalue weighted by molar-refractivity contribution is -0.142. The van der Waals surface area contributed by atoms with Gasteiger partial charge in [0, 0.05) is 19.2 Å². The number of alkyl halides is 3. The van der Waals surface area contributed by atoms with Gasteiger partial charge in [0.25, 0.3) is 0 Å². The minimum atomic E-state index is -4.53. The Morgan fingerprint density at radius 1 is 1.47 bits per heavy atom. The highest BCUT2D eigenvalue weighted by Crippen LogP contribution is 2.31. The second-order valence-electron chi connectivity index (χ2n) is 4.43. The molecular formula is C11H12F3N3O2.